The third-order valence-electron chi connectivity index (χ3n) is 5.84. The molecule has 2 aromatic heterocycles. The molecule has 41 heavy (non-hydrogen) atoms. The molecule has 0 fully saturated rings. The van der Waals surface area contributed by atoms with Gasteiger partial charge in [-0.1, -0.05) is 26.0 Å². The number of carbonyl (C=O) groups is 2. The molecule has 0 saturated carbocycles. The monoisotopic (exact) mass is 575 g/mol. The van der Waals surface area contributed by atoms with E-state index in [2.05, 4.69) is 15.3 Å². The van der Waals surface area contributed by atoms with Crippen molar-refractivity contribution in [3.8, 4) is 0 Å². The number of aliphatic carboxylic acids is 1. The van der Waals surface area contributed by atoms with E-state index in [-0.39, 0.29) is 29.0 Å². The van der Waals surface area contributed by atoms with Crippen molar-refractivity contribution in [2.75, 3.05) is 17.3 Å². The maximum atomic E-state index is 12.7. The molecular weight excluding hydrogens is 547 g/mol. The fourth-order valence-corrected chi connectivity index (χ4v) is 3.83. The lowest BCUT2D eigenvalue weighted by Crippen LogP contribution is -2.47. The van der Waals surface area contributed by atoms with Gasteiger partial charge < -0.3 is 25.7 Å². The quantitative estimate of drug-likeness (QED) is 0.199. The third kappa shape index (κ3) is 7.36. The number of carboxylic acid groups (broad SMARTS) is 1. The van der Waals surface area contributed by atoms with E-state index in [1.807, 2.05) is 13.8 Å². The number of rotatable bonds is 8. The predicted molar refractivity (Wildman–Crippen MR) is 142 cm³/mol. The zero-order valence-corrected chi connectivity index (χ0v) is 22.2. The number of benzene rings is 2. The number of alkyl halides is 3. The number of carbonyl (C=O) groups excluding carboxylic acids is 1. The Balaban J connectivity index is 0.00000226. The summed E-state index contributed by atoms with van der Waals surface area (Å²) in [6, 6.07) is 10.3. The van der Waals surface area contributed by atoms with Crippen LogP contribution in [0.4, 0.5) is 24.7 Å². The first kappa shape index (κ1) is 31.0. The van der Waals surface area contributed by atoms with Gasteiger partial charge in [0.1, 0.15) is 17.3 Å². The zero-order valence-electron chi connectivity index (χ0n) is 22.2. The Hall–Kier alpha value is -4.53. The summed E-state index contributed by atoms with van der Waals surface area (Å²) in [5.41, 5.74) is 0.484. The van der Waals surface area contributed by atoms with Gasteiger partial charge in [-0.25, -0.2) is 9.97 Å². The number of hydrogen-bond donors (Lipinski definition) is 5. The van der Waals surface area contributed by atoms with Crippen LogP contribution in [-0.4, -0.2) is 59.8 Å². The molecule has 0 spiro atoms. The first-order valence-corrected chi connectivity index (χ1v) is 12.3. The molecule has 4 rings (SSSR count). The van der Waals surface area contributed by atoms with Crippen molar-refractivity contribution >= 4 is 29.0 Å². The first-order chi connectivity index (χ1) is 19.2. The summed E-state index contributed by atoms with van der Waals surface area (Å²) < 4.78 is 39.8. The van der Waals surface area contributed by atoms with E-state index in [1.54, 1.807) is 30.5 Å². The SMILES string of the molecule is CC.CN(c1nc(Cc2ccc(NC(=O)c3ccc(C(F)(F)F)cc3)cc2)n2ccnc2c1CC(=O)O)C(O)(O)O. The second-order valence-electron chi connectivity index (χ2n) is 8.58. The number of aliphatic hydroxyl groups is 3. The lowest BCUT2D eigenvalue weighted by atomic mass is 10.1. The van der Waals surface area contributed by atoms with Gasteiger partial charge in [0.05, 0.1) is 12.0 Å². The van der Waals surface area contributed by atoms with E-state index < -0.39 is 36.1 Å². The minimum absolute atomic E-state index is 0.0431. The minimum Gasteiger partial charge on any atom is -0.481 e. The van der Waals surface area contributed by atoms with Gasteiger partial charge in [0.15, 0.2) is 0 Å². The van der Waals surface area contributed by atoms with Crippen LogP contribution in [0, 0.1) is 0 Å². The van der Waals surface area contributed by atoms with E-state index >= 15 is 0 Å². The van der Waals surface area contributed by atoms with Crippen molar-refractivity contribution in [1.82, 2.24) is 14.4 Å². The van der Waals surface area contributed by atoms with Crippen LogP contribution in [0.3, 0.4) is 0 Å². The van der Waals surface area contributed by atoms with Crippen LogP contribution in [-0.2, 0) is 23.8 Å². The van der Waals surface area contributed by atoms with E-state index in [4.69, 9.17) is 0 Å². The maximum absolute atomic E-state index is 12.7. The summed E-state index contributed by atoms with van der Waals surface area (Å²) in [5, 5.41) is 41.0. The Labute approximate surface area is 232 Å². The Morgan fingerprint density at radius 3 is 2.15 bits per heavy atom. The molecule has 0 atom stereocenters. The summed E-state index contributed by atoms with van der Waals surface area (Å²) in [7, 11) is 1.12. The van der Waals surface area contributed by atoms with Crippen molar-refractivity contribution in [3.63, 3.8) is 0 Å². The average Bonchev–Trinajstić information content (AvgIpc) is 3.41. The molecular formula is C27H28F3N5O6. The number of halogens is 3. The zero-order chi connectivity index (χ0) is 30.5. The average molecular weight is 576 g/mol. The van der Waals surface area contributed by atoms with Crippen LogP contribution in [0.15, 0.2) is 60.9 Å². The van der Waals surface area contributed by atoms with Crippen molar-refractivity contribution in [2.24, 2.45) is 0 Å². The molecule has 1 amide bonds. The molecule has 11 nitrogen and oxygen atoms in total. The van der Waals surface area contributed by atoms with E-state index in [1.165, 1.54) is 10.6 Å². The molecule has 4 aromatic rings. The van der Waals surface area contributed by atoms with Crippen LogP contribution < -0.4 is 10.2 Å². The molecule has 5 N–H and O–H groups in total. The van der Waals surface area contributed by atoms with Gasteiger partial charge in [-0.05, 0) is 42.0 Å². The number of imidazole rings is 1. The highest BCUT2D eigenvalue weighted by atomic mass is 19.4. The first-order valence-electron chi connectivity index (χ1n) is 12.3. The largest absolute Gasteiger partial charge is 0.481 e. The number of aromatic nitrogens is 3. The molecule has 14 heteroatoms. The van der Waals surface area contributed by atoms with E-state index in [9.17, 15) is 43.2 Å². The van der Waals surface area contributed by atoms with Crippen LogP contribution in [0.5, 0.6) is 0 Å². The van der Waals surface area contributed by atoms with Crippen LogP contribution in [0.1, 0.15) is 46.7 Å². The van der Waals surface area contributed by atoms with Gasteiger partial charge in [-0.15, -0.1) is 0 Å². The summed E-state index contributed by atoms with van der Waals surface area (Å²) in [6.07, 6.45) is -5.27. The van der Waals surface area contributed by atoms with Crippen molar-refractivity contribution in [3.05, 3.63) is 89.0 Å². The summed E-state index contributed by atoms with van der Waals surface area (Å²) in [6.45, 7) is 4.00. The van der Waals surface area contributed by atoms with Gasteiger partial charge in [0, 0.05) is 42.7 Å². The summed E-state index contributed by atoms with van der Waals surface area (Å²) >= 11 is 0. The number of nitrogens with zero attached hydrogens (tertiary/aromatic N) is 4. The number of carboxylic acids is 1. The van der Waals surface area contributed by atoms with Crippen LogP contribution >= 0.6 is 0 Å². The minimum atomic E-state index is -4.51. The van der Waals surface area contributed by atoms with E-state index in [0.717, 1.165) is 31.3 Å². The molecule has 2 heterocycles. The second-order valence-corrected chi connectivity index (χ2v) is 8.58. The van der Waals surface area contributed by atoms with Gasteiger partial charge >= 0.3 is 18.2 Å². The molecule has 0 unspecified atom stereocenters. The highest BCUT2D eigenvalue weighted by Gasteiger charge is 2.32. The Morgan fingerprint density at radius 2 is 1.61 bits per heavy atom. The number of anilines is 2. The van der Waals surface area contributed by atoms with Crippen molar-refractivity contribution < 1.29 is 43.2 Å². The number of hydrogen-bond acceptors (Lipinski definition) is 8. The van der Waals surface area contributed by atoms with Crippen molar-refractivity contribution in [1.29, 1.82) is 0 Å². The topological polar surface area (TPSA) is 161 Å². The summed E-state index contributed by atoms with van der Waals surface area (Å²) in [4.78, 5) is 33.0. The lowest BCUT2D eigenvalue weighted by molar-refractivity contribution is -0.308. The number of amides is 1. The number of fused-ring (bicyclic) bond motifs is 1. The molecule has 0 saturated heterocycles. The van der Waals surface area contributed by atoms with Gasteiger partial charge in [0.25, 0.3) is 5.91 Å². The Kier molecular flexibility index (Phi) is 9.32. The lowest BCUT2D eigenvalue weighted by Gasteiger charge is -2.29. The van der Waals surface area contributed by atoms with Crippen LogP contribution in [0.25, 0.3) is 5.65 Å². The standard InChI is InChI=1S/C25H22F3N5O6.C2H6/c1-32(25(37,38)39)22-18(13-20(34)35)21-29-10-11-33(21)19(31-22)12-14-2-8-17(9-3-14)30-23(36)15-4-6-16(7-5-15)24(26,27)28;1-2/h2-11,37-39H,12-13H2,1H3,(H,30,36)(H,34,35);1-2H3. The number of nitrogens with one attached hydrogen (secondary N) is 1. The molecule has 218 valence electrons. The summed E-state index contributed by atoms with van der Waals surface area (Å²) in [5.74, 6) is -1.71. The Morgan fingerprint density at radius 1 is 1.00 bits per heavy atom. The molecule has 0 aliphatic rings. The predicted octanol–water partition coefficient (Wildman–Crippen LogP) is 3.27. The highest BCUT2D eigenvalue weighted by molar-refractivity contribution is 6.04. The van der Waals surface area contributed by atoms with Gasteiger partial charge in [0.2, 0.25) is 0 Å². The van der Waals surface area contributed by atoms with Crippen LogP contribution in [0.2, 0.25) is 0 Å². The van der Waals surface area contributed by atoms with E-state index in [0.29, 0.717) is 22.0 Å². The smallest absolute Gasteiger partial charge is 0.416 e. The molecule has 0 bridgehead atoms. The molecule has 0 aliphatic carbocycles. The third-order valence-corrected chi connectivity index (χ3v) is 5.84. The van der Waals surface area contributed by atoms with Crippen molar-refractivity contribution in [2.45, 2.75) is 39.0 Å². The second kappa shape index (κ2) is 12.3. The molecule has 2 aromatic carbocycles. The normalized spacial score (nSPS) is 11.5. The van der Waals surface area contributed by atoms with Gasteiger partial charge in [-0.3, -0.25) is 18.9 Å². The molecule has 0 radical (unpaired) electrons. The van der Waals surface area contributed by atoms with Gasteiger partial charge in [-0.2, -0.15) is 13.2 Å². The highest BCUT2D eigenvalue weighted by Crippen LogP contribution is 2.29. The maximum Gasteiger partial charge on any atom is 0.416 e. The Bertz CT molecular complexity index is 1510. The fraction of sp³-hybridized carbons (Fsp3) is 0.259. The molecule has 0 aliphatic heterocycles. The fourth-order valence-electron chi connectivity index (χ4n) is 3.83.